The molecule has 0 radical (unpaired) electrons. The molecule has 13 heavy (non-hydrogen) atoms. The summed E-state index contributed by atoms with van der Waals surface area (Å²) in [5.41, 5.74) is 0.305. The van der Waals surface area contributed by atoms with Crippen molar-refractivity contribution in [3.05, 3.63) is 16.9 Å². The van der Waals surface area contributed by atoms with E-state index in [9.17, 15) is 4.79 Å². The minimum absolute atomic E-state index is 0.0848. The molecule has 5 heteroatoms. The maximum Gasteiger partial charge on any atom is 0.357 e. The summed E-state index contributed by atoms with van der Waals surface area (Å²) in [6.45, 7) is 3.82. The highest BCUT2D eigenvalue weighted by Crippen LogP contribution is 2.19. The Bertz CT molecular complexity index is 320. The van der Waals surface area contributed by atoms with Crippen molar-refractivity contribution >= 4 is 17.6 Å². The van der Waals surface area contributed by atoms with E-state index in [-0.39, 0.29) is 6.04 Å². The summed E-state index contributed by atoms with van der Waals surface area (Å²) in [7, 11) is 1.32. The summed E-state index contributed by atoms with van der Waals surface area (Å²) in [5.74, 6) is -0.462. The van der Waals surface area contributed by atoms with Crippen LogP contribution in [0.25, 0.3) is 0 Å². The second-order valence-electron chi connectivity index (χ2n) is 2.87. The predicted molar refractivity (Wildman–Crippen MR) is 49.0 cm³/mol. The molecule has 1 heterocycles. The molecule has 0 aliphatic carbocycles. The van der Waals surface area contributed by atoms with Gasteiger partial charge in [0.05, 0.1) is 18.3 Å². The van der Waals surface area contributed by atoms with Crippen LogP contribution in [0.4, 0.5) is 0 Å². The number of hydrogen-bond donors (Lipinski definition) is 0. The zero-order valence-electron chi connectivity index (χ0n) is 7.74. The van der Waals surface area contributed by atoms with Gasteiger partial charge in [-0.05, 0) is 13.8 Å². The Kier molecular flexibility index (Phi) is 2.93. The highest BCUT2D eigenvalue weighted by atomic mass is 35.5. The molecule has 1 aromatic rings. The minimum atomic E-state index is -0.462. The van der Waals surface area contributed by atoms with Gasteiger partial charge in [-0.15, -0.1) is 0 Å². The molecule has 0 atom stereocenters. The lowest BCUT2D eigenvalue weighted by molar-refractivity contribution is 0.0584. The lowest BCUT2D eigenvalue weighted by Crippen LogP contribution is -2.13. The Morgan fingerprint density at radius 1 is 1.69 bits per heavy atom. The third kappa shape index (κ3) is 1.83. The number of hydrogen-bond acceptors (Lipinski definition) is 3. The largest absolute Gasteiger partial charge is 0.464 e. The van der Waals surface area contributed by atoms with Crippen LogP contribution in [0.15, 0.2) is 6.20 Å². The number of ether oxygens (including phenoxy) is 1. The molecule has 1 aromatic heterocycles. The van der Waals surface area contributed by atoms with Crippen molar-refractivity contribution in [2.24, 2.45) is 0 Å². The molecule has 0 aliphatic heterocycles. The van der Waals surface area contributed by atoms with Gasteiger partial charge in [-0.1, -0.05) is 11.6 Å². The van der Waals surface area contributed by atoms with Crippen molar-refractivity contribution in [3.63, 3.8) is 0 Å². The number of carbonyl (C=O) groups is 1. The Hall–Kier alpha value is -1.03. The molecule has 0 fully saturated rings. The third-order valence-corrected chi connectivity index (χ3v) is 1.90. The maximum absolute atomic E-state index is 11.3. The quantitative estimate of drug-likeness (QED) is 0.688. The molecule has 0 unspecified atom stereocenters. The molecular formula is C8H11ClN2O2. The van der Waals surface area contributed by atoms with Crippen LogP contribution >= 0.6 is 11.6 Å². The summed E-state index contributed by atoms with van der Waals surface area (Å²) >= 11 is 5.78. The number of halogens is 1. The van der Waals surface area contributed by atoms with E-state index in [2.05, 4.69) is 9.84 Å². The molecule has 4 nitrogen and oxygen atoms in total. The molecule has 0 bridgehead atoms. The van der Waals surface area contributed by atoms with E-state index >= 15 is 0 Å². The van der Waals surface area contributed by atoms with E-state index < -0.39 is 5.97 Å². The van der Waals surface area contributed by atoms with Crippen molar-refractivity contribution in [1.29, 1.82) is 0 Å². The Morgan fingerprint density at radius 2 is 2.31 bits per heavy atom. The number of aromatic nitrogens is 2. The molecular weight excluding hydrogens is 192 g/mol. The molecule has 0 saturated heterocycles. The number of methoxy groups -OCH3 is 1. The summed E-state index contributed by atoms with van der Waals surface area (Å²) in [6, 6.07) is 0.0848. The second kappa shape index (κ2) is 3.79. The van der Waals surface area contributed by atoms with Crippen LogP contribution in [0.1, 0.15) is 30.4 Å². The maximum atomic E-state index is 11.3. The first-order valence-corrected chi connectivity index (χ1v) is 4.27. The van der Waals surface area contributed by atoms with Gasteiger partial charge in [-0.3, -0.25) is 4.68 Å². The fraction of sp³-hybridized carbons (Fsp3) is 0.500. The van der Waals surface area contributed by atoms with Gasteiger partial charge in [0.25, 0.3) is 0 Å². The zero-order valence-corrected chi connectivity index (χ0v) is 8.50. The summed E-state index contributed by atoms with van der Waals surface area (Å²) in [4.78, 5) is 11.3. The summed E-state index contributed by atoms with van der Waals surface area (Å²) < 4.78 is 6.12. The van der Waals surface area contributed by atoms with Gasteiger partial charge in [-0.25, -0.2) is 4.79 Å². The van der Waals surface area contributed by atoms with Crippen LogP contribution in [-0.4, -0.2) is 22.9 Å². The Morgan fingerprint density at radius 3 is 2.77 bits per heavy atom. The monoisotopic (exact) mass is 202 g/mol. The van der Waals surface area contributed by atoms with Gasteiger partial charge in [0.15, 0.2) is 5.69 Å². The molecule has 72 valence electrons. The van der Waals surface area contributed by atoms with Crippen molar-refractivity contribution in [3.8, 4) is 0 Å². The predicted octanol–water partition coefficient (Wildman–Crippen LogP) is 1.90. The van der Waals surface area contributed by atoms with Crippen LogP contribution in [0.5, 0.6) is 0 Å². The van der Waals surface area contributed by atoms with Crippen molar-refractivity contribution in [1.82, 2.24) is 9.78 Å². The third-order valence-electron chi connectivity index (χ3n) is 1.62. The molecule has 0 amide bonds. The topological polar surface area (TPSA) is 44.1 Å². The highest BCUT2D eigenvalue weighted by Gasteiger charge is 2.19. The smallest absolute Gasteiger partial charge is 0.357 e. The number of esters is 1. The van der Waals surface area contributed by atoms with Crippen molar-refractivity contribution < 1.29 is 9.53 Å². The average molecular weight is 203 g/mol. The fourth-order valence-electron chi connectivity index (χ4n) is 1.02. The van der Waals surface area contributed by atoms with Crippen LogP contribution in [0.3, 0.4) is 0 Å². The Labute approximate surface area is 81.4 Å². The van der Waals surface area contributed by atoms with Gasteiger partial charge in [-0.2, -0.15) is 5.10 Å². The number of carbonyl (C=O) groups excluding carboxylic acids is 1. The lowest BCUT2D eigenvalue weighted by atomic mass is 10.3. The van der Waals surface area contributed by atoms with Crippen LogP contribution < -0.4 is 0 Å². The van der Waals surface area contributed by atoms with E-state index in [1.807, 2.05) is 13.8 Å². The van der Waals surface area contributed by atoms with Crippen LogP contribution in [-0.2, 0) is 4.74 Å². The van der Waals surface area contributed by atoms with Gasteiger partial charge in [0.1, 0.15) is 0 Å². The second-order valence-corrected chi connectivity index (χ2v) is 3.28. The van der Waals surface area contributed by atoms with E-state index in [0.717, 1.165) is 0 Å². The highest BCUT2D eigenvalue weighted by molar-refractivity contribution is 6.33. The van der Waals surface area contributed by atoms with Crippen molar-refractivity contribution in [2.75, 3.05) is 7.11 Å². The van der Waals surface area contributed by atoms with E-state index in [0.29, 0.717) is 10.7 Å². The van der Waals surface area contributed by atoms with Gasteiger partial charge < -0.3 is 4.74 Å². The molecule has 0 aliphatic rings. The Balaban J connectivity index is 3.16. The normalized spacial score (nSPS) is 10.5. The number of nitrogens with zero attached hydrogens (tertiary/aromatic N) is 2. The standard InChI is InChI=1S/C8H11ClN2O2/c1-5(2)11-7(8(12)13-3)6(9)4-10-11/h4-5H,1-3H3. The van der Waals surface area contributed by atoms with Gasteiger partial charge in [0, 0.05) is 6.04 Å². The molecule has 0 N–H and O–H groups in total. The van der Waals surface area contributed by atoms with E-state index in [1.165, 1.54) is 18.0 Å². The van der Waals surface area contributed by atoms with Crippen LogP contribution in [0.2, 0.25) is 5.02 Å². The molecule has 1 rings (SSSR count). The molecule has 0 aromatic carbocycles. The van der Waals surface area contributed by atoms with Crippen molar-refractivity contribution in [2.45, 2.75) is 19.9 Å². The zero-order chi connectivity index (χ0) is 10.0. The lowest BCUT2D eigenvalue weighted by Gasteiger charge is -2.08. The fourth-order valence-corrected chi connectivity index (χ4v) is 1.23. The molecule has 0 saturated carbocycles. The van der Waals surface area contributed by atoms with E-state index in [4.69, 9.17) is 11.6 Å². The summed E-state index contributed by atoms with van der Waals surface area (Å²) in [6.07, 6.45) is 1.44. The van der Waals surface area contributed by atoms with Gasteiger partial charge >= 0.3 is 5.97 Å². The molecule has 0 spiro atoms. The van der Waals surface area contributed by atoms with E-state index in [1.54, 1.807) is 0 Å². The minimum Gasteiger partial charge on any atom is -0.464 e. The first-order chi connectivity index (χ1) is 6.07. The average Bonchev–Trinajstić information content (AvgIpc) is 2.46. The van der Waals surface area contributed by atoms with Gasteiger partial charge in [0.2, 0.25) is 0 Å². The first-order valence-electron chi connectivity index (χ1n) is 3.89. The number of rotatable bonds is 2. The SMILES string of the molecule is COC(=O)c1c(Cl)cnn1C(C)C. The van der Waals surface area contributed by atoms with Crippen LogP contribution in [0, 0.1) is 0 Å². The first kappa shape index (κ1) is 10.1. The summed E-state index contributed by atoms with van der Waals surface area (Å²) in [5, 5.41) is 4.29.